The predicted octanol–water partition coefficient (Wildman–Crippen LogP) is 2.98. The topological polar surface area (TPSA) is 28.7 Å². The van der Waals surface area contributed by atoms with Gasteiger partial charge in [-0.3, -0.25) is 0 Å². The van der Waals surface area contributed by atoms with Crippen molar-refractivity contribution in [2.24, 2.45) is 0 Å². The average molecular weight is 231 g/mol. The van der Waals surface area contributed by atoms with Gasteiger partial charge in [-0.2, -0.15) is 0 Å². The Morgan fingerprint density at radius 2 is 2.27 bits per heavy atom. The Labute approximate surface area is 76.7 Å². The summed E-state index contributed by atoms with van der Waals surface area (Å²) in [6.07, 6.45) is 0. The van der Waals surface area contributed by atoms with Gasteiger partial charge in [0.05, 0.1) is 11.0 Å². The summed E-state index contributed by atoms with van der Waals surface area (Å²) in [5, 5.41) is 0.716. The molecule has 0 unspecified atom stereocenters. The lowest BCUT2D eigenvalue weighted by molar-refractivity contribution is 1.27. The number of nitrogens with zero attached hydrogens (tertiary/aromatic N) is 1. The van der Waals surface area contributed by atoms with Crippen molar-refractivity contribution in [2.75, 3.05) is 0 Å². The van der Waals surface area contributed by atoms with Gasteiger partial charge in [0.25, 0.3) is 0 Å². The van der Waals surface area contributed by atoms with Gasteiger partial charge in [-0.25, -0.2) is 4.98 Å². The van der Waals surface area contributed by atoms with E-state index >= 15 is 0 Å². The van der Waals surface area contributed by atoms with Crippen molar-refractivity contribution in [3.8, 4) is 0 Å². The van der Waals surface area contributed by atoms with Gasteiger partial charge in [0.1, 0.15) is 0 Å². The first-order chi connectivity index (χ1) is 5.25. The van der Waals surface area contributed by atoms with Crippen molar-refractivity contribution in [3.05, 3.63) is 28.0 Å². The van der Waals surface area contributed by atoms with Crippen LogP contribution in [0.25, 0.3) is 11.0 Å². The molecule has 1 N–H and O–H groups in total. The van der Waals surface area contributed by atoms with Crippen molar-refractivity contribution in [1.82, 2.24) is 9.97 Å². The minimum Gasteiger partial charge on any atom is -0.332 e. The lowest BCUT2D eigenvalue weighted by Gasteiger charge is -1.87. The molecule has 56 valence electrons. The van der Waals surface area contributed by atoms with Crippen LogP contribution >= 0.6 is 27.5 Å². The normalized spacial score (nSPS) is 10.7. The number of rotatable bonds is 0. The van der Waals surface area contributed by atoms with Crippen LogP contribution in [0.1, 0.15) is 0 Å². The van der Waals surface area contributed by atoms with Gasteiger partial charge >= 0.3 is 0 Å². The van der Waals surface area contributed by atoms with Crippen molar-refractivity contribution in [2.45, 2.75) is 0 Å². The molecule has 0 fully saturated rings. The predicted molar refractivity (Wildman–Crippen MR) is 48.8 cm³/mol. The van der Waals surface area contributed by atoms with E-state index in [1.165, 1.54) is 0 Å². The summed E-state index contributed by atoms with van der Waals surface area (Å²) in [6.45, 7) is 0. The lowest BCUT2D eigenvalue weighted by atomic mass is 10.3. The van der Waals surface area contributed by atoms with Crippen LogP contribution in [0.4, 0.5) is 0 Å². The third-order valence-corrected chi connectivity index (χ3v) is 2.03. The van der Waals surface area contributed by atoms with Gasteiger partial charge in [-0.05, 0) is 34.1 Å². The van der Waals surface area contributed by atoms with E-state index in [1.807, 2.05) is 18.2 Å². The molecule has 11 heavy (non-hydrogen) atoms. The molecule has 0 bridgehead atoms. The standard InChI is InChI=1S/C7H4BrClN2/c8-7-10-5-2-1-4(9)3-6(5)11-7/h1-3H,(H,10,11). The molecule has 0 saturated carbocycles. The van der Waals surface area contributed by atoms with E-state index in [0.717, 1.165) is 15.8 Å². The van der Waals surface area contributed by atoms with Crippen LogP contribution in [0.2, 0.25) is 5.02 Å². The number of aromatic amines is 1. The van der Waals surface area contributed by atoms with Crippen LogP contribution in [0.15, 0.2) is 22.9 Å². The zero-order chi connectivity index (χ0) is 7.84. The monoisotopic (exact) mass is 230 g/mol. The zero-order valence-corrected chi connectivity index (χ0v) is 7.78. The molecule has 2 rings (SSSR count). The molecule has 2 aromatic rings. The molecule has 1 aromatic heterocycles. The highest BCUT2D eigenvalue weighted by molar-refractivity contribution is 9.10. The van der Waals surface area contributed by atoms with Gasteiger partial charge < -0.3 is 4.98 Å². The summed E-state index contributed by atoms with van der Waals surface area (Å²) in [7, 11) is 0. The summed E-state index contributed by atoms with van der Waals surface area (Å²) in [4.78, 5) is 7.18. The van der Waals surface area contributed by atoms with Crippen LogP contribution in [0, 0.1) is 0 Å². The highest BCUT2D eigenvalue weighted by Gasteiger charge is 1.98. The highest BCUT2D eigenvalue weighted by atomic mass is 79.9. The van der Waals surface area contributed by atoms with Crippen molar-refractivity contribution >= 4 is 38.6 Å². The number of hydrogen-bond donors (Lipinski definition) is 1. The number of H-pyrrole nitrogens is 1. The number of halogens is 2. The molecule has 1 aromatic carbocycles. The third-order valence-electron chi connectivity index (χ3n) is 1.42. The summed E-state index contributed by atoms with van der Waals surface area (Å²) in [6, 6.07) is 5.53. The maximum atomic E-state index is 5.76. The summed E-state index contributed by atoms with van der Waals surface area (Å²) < 4.78 is 0.731. The number of aromatic nitrogens is 2. The minimum absolute atomic E-state index is 0.716. The van der Waals surface area contributed by atoms with Gasteiger partial charge in [-0.15, -0.1) is 0 Å². The number of benzene rings is 1. The second kappa shape index (κ2) is 2.50. The smallest absolute Gasteiger partial charge is 0.175 e. The van der Waals surface area contributed by atoms with Gasteiger partial charge in [0.15, 0.2) is 4.73 Å². The van der Waals surface area contributed by atoms with Gasteiger partial charge in [-0.1, -0.05) is 11.6 Å². The second-order valence-corrected chi connectivity index (χ2v) is 3.38. The number of fused-ring (bicyclic) bond motifs is 1. The van der Waals surface area contributed by atoms with Crippen LogP contribution in [-0.4, -0.2) is 9.97 Å². The molecule has 0 atom stereocenters. The average Bonchev–Trinajstić information content (AvgIpc) is 2.27. The Balaban J connectivity index is 2.82. The van der Waals surface area contributed by atoms with E-state index < -0.39 is 0 Å². The highest BCUT2D eigenvalue weighted by Crippen LogP contribution is 2.18. The molecule has 2 nitrogen and oxygen atoms in total. The maximum Gasteiger partial charge on any atom is 0.175 e. The Hall–Kier alpha value is -0.540. The summed E-state index contributed by atoms with van der Waals surface area (Å²) in [5.74, 6) is 0. The number of imidazole rings is 1. The largest absolute Gasteiger partial charge is 0.332 e. The fourth-order valence-corrected chi connectivity index (χ4v) is 1.53. The van der Waals surface area contributed by atoms with Crippen molar-refractivity contribution in [3.63, 3.8) is 0 Å². The molecular formula is C7H4BrClN2. The Bertz CT molecular complexity index is 396. The molecule has 0 amide bonds. The molecule has 4 heteroatoms. The fraction of sp³-hybridized carbons (Fsp3) is 0. The van der Waals surface area contributed by atoms with Gasteiger partial charge in [0, 0.05) is 5.02 Å². The van der Waals surface area contributed by atoms with E-state index in [0.29, 0.717) is 5.02 Å². The maximum absolute atomic E-state index is 5.76. The molecule has 1 heterocycles. The zero-order valence-electron chi connectivity index (χ0n) is 5.44. The van der Waals surface area contributed by atoms with Crippen LogP contribution in [-0.2, 0) is 0 Å². The van der Waals surface area contributed by atoms with Gasteiger partial charge in [0.2, 0.25) is 0 Å². The van der Waals surface area contributed by atoms with E-state index in [9.17, 15) is 0 Å². The van der Waals surface area contributed by atoms with E-state index in [1.54, 1.807) is 0 Å². The Morgan fingerprint density at radius 1 is 1.45 bits per heavy atom. The SMILES string of the molecule is Clc1ccc2nc(Br)[nH]c2c1. The molecule has 0 aliphatic rings. The van der Waals surface area contributed by atoms with Crippen molar-refractivity contribution < 1.29 is 0 Å². The van der Waals surface area contributed by atoms with Crippen LogP contribution in [0.3, 0.4) is 0 Å². The summed E-state index contributed by atoms with van der Waals surface area (Å²) in [5.41, 5.74) is 1.87. The van der Waals surface area contributed by atoms with Crippen LogP contribution in [0.5, 0.6) is 0 Å². The molecule has 0 spiro atoms. The second-order valence-electron chi connectivity index (χ2n) is 2.19. The van der Waals surface area contributed by atoms with E-state index in [4.69, 9.17) is 11.6 Å². The molecule has 0 radical (unpaired) electrons. The third kappa shape index (κ3) is 1.26. The first-order valence-corrected chi connectivity index (χ1v) is 4.23. The van der Waals surface area contributed by atoms with E-state index in [2.05, 4.69) is 25.9 Å². The summed E-state index contributed by atoms with van der Waals surface area (Å²) >= 11 is 9.00. The lowest BCUT2D eigenvalue weighted by Crippen LogP contribution is -1.67. The molecule has 0 aliphatic carbocycles. The Morgan fingerprint density at radius 3 is 3.09 bits per heavy atom. The Kier molecular flexibility index (Phi) is 1.62. The van der Waals surface area contributed by atoms with Crippen LogP contribution < -0.4 is 0 Å². The minimum atomic E-state index is 0.716. The fourth-order valence-electron chi connectivity index (χ4n) is 0.951. The molecule has 0 saturated heterocycles. The molecule has 0 aliphatic heterocycles. The number of hydrogen-bond acceptors (Lipinski definition) is 1. The van der Waals surface area contributed by atoms with Crippen molar-refractivity contribution in [1.29, 1.82) is 0 Å². The van der Waals surface area contributed by atoms with E-state index in [-0.39, 0.29) is 0 Å². The quantitative estimate of drug-likeness (QED) is 0.742. The first kappa shape index (κ1) is 7.13. The first-order valence-electron chi connectivity index (χ1n) is 3.06. The number of nitrogens with one attached hydrogen (secondary N) is 1. The molecular weight excluding hydrogens is 227 g/mol.